The lowest BCUT2D eigenvalue weighted by Crippen LogP contribution is -2.50. The molecule has 2 fully saturated rings. The molecule has 0 unspecified atom stereocenters. The highest BCUT2D eigenvalue weighted by molar-refractivity contribution is 7.88. The van der Waals surface area contributed by atoms with Crippen LogP contribution in [0.15, 0.2) is 42.7 Å². The number of piperazine rings is 1. The smallest absolute Gasteiger partial charge is 0.277 e. The highest BCUT2D eigenvalue weighted by Crippen LogP contribution is 2.30. The third-order valence-corrected chi connectivity index (χ3v) is 8.82. The minimum Gasteiger partial charge on any atom is -0.368 e. The van der Waals surface area contributed by atoms with Crippen molar-refractivity contribution in [2.45, 2.75) is 37.8 Å². The molecular formula is C23H32N8O4S2. The molecule has 1 saturated carbocycles. The van der Waals surface area contributed by atoms with Gasteiger partial charge < -0.3 is 14.8 Å². The van der Waals surface area contributed by atoms with E-state index in [1.807, 2.05) is 41.1 Å². The molecule has 0 radical (unpaired) electrons. The molecule has 37 heavy (non-hydrogen) atoms. The highest BCUT2D eigenvalue weighted by atomic mass is 32.2. The van der Waals surface area contributed by atoms with Crippen molar-refractivity contribution in [3.8, 4) is 5.82 Å². The molecule has 1 aliphatic carbocycles. The van der Waals surface area contributed by atoms with Crippen molar-refractivity contribution in [3.05, 3.63) is 42.7 Å². The van der Waals surface area contributed by atoms with Crippen LogP contribution in [0.1, 0.15) is 25.7 Å². The van der Waals surface area contributed by atoms with Gasteiger partial charge in [0.05, 0.1) is 11.8 Å². The van der Waals surface area contributed by atoms with Gasteiger partial charge >= 0.3 is 0 Å². The predicted molar refractivity (Wildman–Crippen MR) is 143 cm³/mol. The van der Waals surface area contributed by atoms with Gasteiger partial charge in [0.25, 0.3) is 10.2 Å². The number of benzene rings is 1. The third-order valence-electron chi connectivity index (χ3n) is 6.98. The van der Waals surface area contributed by atoms with E-state index in [2.05, 4.69) is 19.9 Å². The molecule has 14 heteroatoms. The van der Waals surface area contributed by atoms with Crippen molar-refractivity contribution in [3.63, 3.8) is 0 Å². The minimum absolute atomic E-state index is 0.0246. The Morgan fingerprint density at radius 2 is 1.65 bits per heavy atom. The van der Waals surface area contributed by atoms with E-state index in [0.29, 0.717) is 32.1 Å². The van der Waals surface area contributed by atoms with Gasteiger partial charge in [0, 0.05) is 61.7 Å². The summed E-state index contributed by atoms with van der Waals surface area (Å²) in [5, 5.41) is 9.75. The normalized spacial score (nSPS) is 21.8. The highest BCUT2D eigenvalue weighted by Gasteiger charge is 2.26. The Hall–Kier alpha value is -2.78. The van der Waals surface area contributed by atoms with Gasteiger partial charge in [0.2, 0.25) is 16.0 Å². The number of anilines is 2. The number of sulfonamides is 1. The monoisotopic (exact) mass is 548 g/mol. The molecule has 4 N–H and O–H groups in total. The summed E-state index contributed by atoms with van der Waals surface area (Å²) < 4.78 is 52.3. The van der Waals surface area contributed by atoms with Crippen molar-refractivity contribution in [2.24, 2.45) is 5.14 Å². The molecule has 1 aromatic carbocycles. The Bertz CT molecular complexity index is 1480. The fourth-order valence-corrected chi connectivity index (χ4v) is 6.72. The van der Waals surface area contributed by atoms with Gasteiger partial charge in [-0.3, -0.25) is 0 Å². The maximum absolute atomic E-state index is 11.7. The van der Waals surface area contributed by atoms with E-state index in [4.69, 9.17) is 10.1 Å². The zero-order valence-corrected chi connectivity index (χ0v) is 22.2. The number of nitrogens with zero attached hydrogens (tertiary/aromatic N) is 5. The first-order chi connectivity index (χ1) is 17.6. The third kappa shape index (κ3) is 6.04. The average molecular weight is 549 g/mol. The molecule has 1 aliphatic heterocycles. The zero-order valence-electron chi connectivity index (χ0n) is 20.6. The van der Waals surface area contributed by atoms with E-state index in [-0.39, 0.29) is 12.1 Å². The molecule has 12 nitrogen and oxygen atoms in total. The van der Waals surface area contributed by atoms with E-state index in [9.17, 15) is 16.8 Å². The van der Waals surface area contributed by atoms with Crippen molar-refractivity contribution < 1.29 is 16.8 Å². The van der Waals surface area contributed by atoms with E-state index < -0.39 is 20.2 Å². The fraction of sp³-hybridized carbons (Fsp3) is 0.478. The predicted octanol–water partition coefficient (Wildman–Crippen LogP) is 1.02. The summed E-state index contributed by atoms with van der Waals surface area (Å²) in [6, 6.07) is 10.1. The van der Waals surface area contributed by atoms with Crippen molar-refractivity contribution in [1.29, 1.82) is 0 Å². The Morgan fingerprint density at radius 1 is 0.946 bits per heavy atom. The Balaban J connectivity index is 1.30. The number of rotatable bonds is 7. The van der Waals surface area contributed by atoms with E-state index in [0.717, 1.165) is 48.1 Å². The van der Waals surface area contributed by atoms with Gasteiger partial charge in [-0.1, -0.05) is 6.07 Å². The molecule has 3 aromatic rings. The molecule has 3 heterocycles. The summed E-state index contributed by atoms with van der Waals surface area (Å²) in [5.74, 6) is 1.27. The molecule has 0 bridgehead atoms. The first kappa shape index (κ1) is 25.9. The minimum atomic E-state index is -3.68. The SMILES string of the molecule is CS(=O)(=O)NC1CCC(Nc2nccc(-n3ccc4c(N5CCN(S(N)(=O)=O)CC5)cccc43)n2)CC1. The number of hydrogen-bond acceptors (Lipinski definition) is 8. The summed E-state index contributed by atoms with van der Waals surface area (Å²) in [7, 11) is -6.88. The van der Waals surface area contributed by atoms with Gasteiger partial charge in [0.1, 0.15) is 5.82 Å². The summed E-state index contributed by atoms with van der Waals surface area (Å²) in [6.07, 6.45) is 8.08. The van der Waals surface area contributed by atoms with E-state index in [1.54, 1.807) is 6.20 Å². The van der Waals surface area contributed by atoms with Crippen molar-refractivity contribution >= 4 is 42.8 Å². The number of aromatic nitrogens is 3. The van der Waals surface area contributed by atoms with Crippen LogP contribution >= 0.6 is 0 Å². The van der Waals surface area contributed by atoms with Crippen LogP contribution in [0.25, 0.3) is 16.7 Å². The molecule has 2 aromatic heterocycles. The van der Waals surface area contributed by atoms with Crippen LogP contribution in [0.4, 0.5) is 11.6 Å². The standard InChI is InChI=1S/C23H32N8O4S2/c1-36(32,33)28-18-7-5-17(6-8-18)26-23-25-11-9-22(27-23)31-12-10-19-20(3-2-4-21(19)31)29-13-15-30(16-14-29)37(24,34)35/h2-4,9-12,17-18,28H,5-8,13-16H2,1H3,(H2,24,34,35)(H,25,26,27). The quantitative estimate of drug-likeness (QED) is 0.395. The molecular weight excluding hydrogens is 516 g/mol. The van der Waals surface area contributed by atoms with E-state index >= 15 is 0 Å². The largest absolute Gasteiger partial charge is 0.368 e. The van der Waals surface area contributed by atoms with Crippen LogP contribution in [0.2, 0.25) is 0 Å². The Labute approximate surface area is 217 Å². The Kier molecular flexibility index (Phi) is 7.11. The molecule has 200 valence electrons. The number of nitrogens with one attached hydrogen (secondary N) is 2. The number of hydrogen-bond donors (Lipinski definition) is 3. The summed E-state index contributed by atoms with van der Waals surface area (Å²) >= 11 is 0. The van der Waals surface area contributed by atoms with Gasteiger partial charge in [-0.05, 0) is 49.9 Å². The second kappa shape index (κ2) is 10.2. The molecule has 0 atom stereocenters. The second-order valence-corrected chi connectivity index (χ2v) is 13.0. The van der Waals surface area contributed by atoms with Crippen LogP contribution in [-0.4, -0.2) is 80.2 Å². The lowest BCUT2D eigenvalue weighted by Gasteiger charge is -2.34. The molecule has 0 amide bonds. The summed E-state index contributed by atoms with van der Waals surface area (Å²) in [6.45, 7) is 1.82. The summed E-state index contributed by atoms with van der Waals surface area (Å²) in [4.78, 5) is 11.3. The lowest BCUT2D eigenvalue weighted by molar-refractivity contribution is 0.386. The first-order valence-corrected chi connectivity index (χ1v) is 15.7. The molecule has 5 rings (SSSR count). The van der Waals surface area contributed by atoms with Crippen LogP contribution < -0.4 is 20.1 Å². The van der Waals surface area contributed by atoms with E-state index in [1.165, 1.54) is 10.6 Å². The maximum Gasteiger partial charge on any atom is 0.277 e. The van der Waals surface area contributed by atoms with Gasteiger partial charge in [-0.15, -0.1) is 0 Å². The lowest BCUT2D eigenvalue weighted by atomic mass is 9.92. The van der Waals surface area contributed by atoms with Gasteiger partial charge in [-0.25, -0.2) is 23.3 Å². The summed E-state index contributed by atoms with van der Waals surface area (Å²) in [5.41, 5.74) is 2.03. The fourth-order valence-electron chi connectivity index (χ4n) is 5.20. The molecule has 0 spiro atoms. The Morgan fingerprint density at radius 3 is 2.32 bits per heavy atom. The number of nitrogens with two attached hydrogens (primary N) is 1. The zero-order chi connectivity index (χ0) is 26.2. The first-order valence-electron chi connectivity index (χ1n) is 12.3. The second-order valence-electron chi connectivity index (χ2n) is 9.65. The van der Waals surface area contributed by atoms with Crippen LogP contribution in [0.3, 0.4) is 0 Å². The maximum atomic E-state index is 11.7. The molecule has 1 saturated heterocycles. The molecule has 2 aliphatic rings. The van der Waals surface area contributed by atoms with Crippen molar-refractivity contribution in [2.75, 3.05) is 42.7 Å². The van der Waals surface area contributed by atoms with Gasteiger partial charge in [0.15, 0.2) is 0 Å². The average Bonchev–Trinajstić information content (AvgIpc) is 3.29. The van der Waals surface area contributed by atoms with Gasteiger partial charge in [-0.2, -0.15) is 17.7 Å². The topological polar surface area (TPSA) is 156 Å². The number of fused-ring (bicyclic) bond motifs is 1. The van der Waals surface area contributed by atoms with Crippen LogP contribution in [0.5, 0.6) is 0 Å². The van der Waals surface area contributed by atoms with Crippen LogP contribution in [0, 0.1) is 0 Å². The van der Waals surface area contributed by atoms with Crippen molar-refractivity contribution in [1.82, 2.24) is 23.6 Å². The van der Waals surface area contributed by atoms with Crippen LogP contribution in [-0.2, 0) is 20.2 Å².